The summed E-state index contributed by atoms with van der Waals surface area (Å²) in [6.45, 7) is 2.21. The monoisotopic (exact) mass is 375 g/mol. The maximum absolute atomic E-state index is 5.45. The van der Waals surface area contributed by atoms with Gasteiger partial charge >= 0.3 is 0 Å². The van der Waals surface area contributed by atoms with Crippen molar-refractivity contribution in [3.8, 4) is 17.2 Å². The van der Waals surface area contributed by atoms with Crippen molar-refractivity contribution in [3.63, 3.8) is 0 Å². The molecule has 0 amide bonds. The van der Waals surface area contributed by atoms with Crippen molar-refractivity contribution in [2.24, 2.45) is 0 Å². The van der Waals surface area contributed by atoms with E-state index < -0.39 is 0 Å². The molecule has 3 aromatic rings. The van der Waals surface area contributed by atoms with Gasteiger partial charge < -0.3 is 19.1 Å². The van der Waals surface area contributed by atoms with E-state index in [1.807, 2.05) is 12.1 Å². The summed E-state index contributed by atoms with van der Waals surface area (Å²) in [6.07, 6.45) is 5.40. The molecule has 0 spiro atoms. The molecule has 3 aromatic carbocycles. The number of fused-ring (bicyclic) bond motifs is 2. The van der Waals surface area contributed by atoms with E-state index in [-0.39, 0.29) is 0 Å². The Kier molecular flexibility index (Phi) is 5.49. The van der Waals surface area contributed by atoms with Gasteiger partial charge in [-0.05, 0) is 59.6 Å². The second kappa shape index (κ2) is 8.36. The number of hydrogen-bond acceptors (Lipinski definition) is 4. The molecular formula is C24H25NO3. The summed E-state index contributed by atoms with van der Waals surface area (Å²) >= 11 is 0. The minimum absolute atomic E-state index is 0.324. The molecule has 0 saturated carbocycles. The van der Waals surface area contributed by atoms with E-state index in [0.29, 0.717) is 6.79 Å². The Balaban J connectivity index is 1.35. The molecule has 4 nitrogen and oxygen atoms in total. The molecule has 0 fully saturated rings. The number of rotatable bonds is 7. The number of nitrogens with zero attached hydrogens (tertiary/aromatic N) is 1. The highest BCUT2D eigenvalue weighted by atomic mass is 16.7. The van der Waals surface area contributed by atoms with Crippen molar-refractivity contribution in [1.29, 1.82) is 0 Å². The van der Waals surface area contributed by atoms with Crippen LogP contribution in [0, 0.1) is 0 Å². The Hall–Kier alpha value is -2.98. The minimum atomic E-state index is 0.324. The third-order valence-electron chi connectivity index (χ3n) is 5.05. The fourth-order valence-corrected chi connectivity index (χ4v) is 3.43. The van der Waals surface area contributed by atoms with Crippen LogP contribution in [-0.2, 0) is 6.42 Å². The maximum atomic E-state index is 5.45. The quantitative estimate of drug-likeness (QED) is 0.595. The molecule has 0 radical (unpaired) electrons. The summed E-state index contributed by atoms with van der Waals surface area (Å²) in [4.78, 5) is 2.31. The third-order valence-corrected chi connectivity index (χ3v) is 5.05. The molecule has 0 saturated heterocycles. The summed E-state index contributed by atoms with van der Waals surface area (Å²) in [5.74, 6) is 2.58. The highest BCUT2D eigenvalue weighted by Crippen LogP contribution is 2.32. The van der Waals surface area contributed by atoms with Gasteiger partial charge in [-0.3, -0.25) is 0 Å². The van der Waals surface area contributed by atoms with Crippen LogP contribution >= 0.6 is 0 Å². The average Bonchev–Trinajstić information content (AvgIpc) is 3.20. The van der Waals surface area contributed by atoms with Crippen molar-refractivity contribution >= 4 is 16.8 Å². The average molecular weight is 375 g/mol. The van der Waals surface area contributed by atoms with Gasteiger partial charge in [-0.1, -0.05) is 42.5 Å². The predicted molar refractivity (Wildman–Crippen MR) is 113 cm³/mol. The van der Waals surface area contributed by atoms with Gasteiger partial charge in [0.1, 0.15) is 5.75 Å². The number of benzene rings is 3. The van der Waals surface area contributed by atoms with Crippen molar-refractivity contribution in [2.45, 2.75) is 6.42 Å². The lowest BCUT2D eigenvalue weighted by molar-refractivity contribution is 0.174. The van der Waals surface area contributed by atoms with Crippen LogP contribution in [0.1, 0.15) is 11.1 Å². The molecular weight excluding hydrogens is 350 g/mol. The van der Waals surface area contributed by atoms with E-state index in [0.717, 1.165) is 36.8 Å². The largest absolute Gasteiger partial charge is 0.497 e. The molecule has 4 rings (SSSR count). The van der Waals surface area contributed by atoms with Crippen molar-refractivity contribution in [3.05, 3.63) is 71.8 Å². The predicted octanol–water partition coefficient (Wildman–Crippen LogP) is 4.76. The summed E-state index contributed by atoms with van der Waals surface area (Å²) in [5, 5.41) is 2.43. The molecule has 0 aromatic heterocycles. The standard InChI is InChI=1S/C24H25NO3/c1-25(14-12-18-8-11-23-24(15-18)28-17-27-23)13-4-7-19-5-3-6-20-16-21(26-2)9-10-22(19)20/h3-11,15-16H,12-14,17H2,1-2H3/b7-4+. The first kappa shape index (κ1) is 18.4. The van der Waals surface area contributed by atoms with E-state index in [9.17, 15) is 0 Å². The van der Waals surface area contributed by atoms with Gasteiger partial charge in [-0.15, -0.1) is 0 Å². The van der Waals surface area contributed by atoms with E-state index in [1.165, 1.54) is 21.9 Å². The topological polar surface area (TPSA) is 30.9 Å². The van der Waals surface area contributed by atoms with Gasteiger partial charge in [0.2, 0.25) is 6.79 Å². The number of methoxy groups -OCH3 is 1. The lowest BCUT2D eigenvalue weighted by Gasteiger charge is -2.14. The summed E-state index contributed by atoms with van der Waals surface area (Å²) < 4.78 is 16.1. The van der Waals surface area contributed by atoms with Gasteiger partial charge in [-0.2, -0.15) is 0 Å². The lowest BCUT2D eigenvalue weighted by Crippen LogP contribution is -2.21. The Labute approximate surface area is 165 Å². The van der Waals surface area contributed by atoms with Gasteiger partial charge in [0.05, 0.1) is 7.11 Å². The second-order valence-corrected chi connectivity index (χ2v) is 7.04. The second-order valence-electron chi connectivity index (χ2n) is 7.04. The van der Waals surface area contributed by atoms with Crippen LogP contribution in [-0.4, -0.2) is 38.9 Å². The molecule has 0 bridgehead atoms. The Morgan fingerprint density at radius 2 is 1.93 bits per heavy atom. The fourth-order valence-electron chi connectivity index (χ4n) is 3.43. The number of likely N-dealkylation sites (N-methyl/N-ethyl adjacent to an activating group) is 1. The van der Waals surface area contributed by atoms with Gasteiger partial charge in [0.15, 0.2) is 11.5 Å². The maximum Gasteiger partial charge on any atom is 0.231 e. The normalized spacial score (nSPS) is 13.0. The zero-order valence-electron chi connectivity index (χ0n) is 16.4. The molecule has 144 valence electrons. The molecule has 28 heavy (non-hydrogen) atoms. The van der Waals surface area contributed by atoms with Crippen molar-refractivity contribution < 1.29 is 14.2 Å². The van der Waals surface area contributed by atoms with E-state index in [2.05, 4.69) is 66.6 Å². The minimum Gasteiger partial charge on any atom is -0.497 e. The summed E-state index contributed by atoms with van der Waals surface area (Å²) in [7, 11) is 3.84. The zero-order valence-corrected chi connectivity index (χ0v) is 16.4. The van der Waals surface area contributed by atoms with E-state index >= 15 is 0 Å². The fraction of sp³-hybridized carbons (Fsp3) is 0.250. The first-order valence-corrected chi connectivity index (χ1v) is 9.53. The summed E-state index contributed by atoms with van der Waals surface area (Å²) in [6, 6.07) is 18.7. The highest BCUT2D eigenvalue weighted by molar-refractivity contribution is 5.91. The van der Waals surface area contributed by atoms with Crippen LogP contribution in [0.3, 0.4) is 0 Å². The Morgan fingerprint density at radius 3 is 2.82 bits per heavy atom. The zero-order chi connectivity index (χ0) is 19.3. The molecule has 4 heteroatoms. The Morgan fingerprint density at radius 1 is 1.04 bits per heavy atom. The summed E-state index contributed by atoms with van der Waals surface area (Å²) in [5.41, 5.74) is 2.49. The first-order chi connectivity index (χ1) is 13.7. The van der Waals surface area contributed by atoms with Crippen LogP contribution in [0.25, 0.3) is 16.8 Å². The molecule has 1 aliphatic heterocycles. The van der Waals surface area contributed by atoms with Gasteiger partial charge in [-0.25, -0.2) is 0 Å². The lowest BCUT2D eigenvalue weighted by atomic mass is 10.0. The molecule has 1 heterocycles. The van der Waals surface area contributed by atoms with Crippen LogP contribution in [0.2, 0.25) is 0 Å². The first-order valence-electron chi connectivity index (χ1n) is 9.53. The van der Waals surface area contributed by atoms with Crippen LogP contribution < -0.4 is 14.2 Å². The third kappa shape index (κ3) is 4.12. The van der Waals surface area contributed by atoms with Crippen molar-refractivity contribution in [1.82, 2.24) is 4.90 Å². The van der Waals surface area contributed by atoms with Crippen LogP contribution in [0.5, 0.6) is 17.2 Å². The van der Waals surface area contributed by atoms with Gasteiger partial charge in [0, 0.05) is 13.1 Å². The van der Waals surface area contributed by atoms with Gasteiger partial charge in [0.25, 0.3) is 0 Å². The number of hydrogen-bond donors (Lipinski definition) is 0. The molecule has 1 aliphatic rings. The SMILES string of the molecule is COc1ccc2c(/C=C/CN(C)CCc3ccc4c(c3)OCO4)cccc2c1. The molecule has 0 atom stereocenters. The smallest absolute Gasteiger partial charge is 0.231 e. The number of ether oxygens (including phenoxy) is 3. The Bertz CT molecular complexity index is 996. The van der Waals surface area contributed by atoms with Crippen LogP contribution in [0.15, 0.2) is 60.7 Å². The van der Waals surface area contributed by atoms with Crippen LogP contribution in [0.4, 0.5) is 0 Å². The molecule has 0 aliphatic carbocycles. The molecule has 0 unspecified atom stereocenters. The van der Waals surface area contributed by atoms with Crippen molar-refractivity contribution in [2.75, 3.05) is 34.0 Å². The van der Waals surface area contributed by atoms with E-state index in [4.69, 9.17) is 14.2 Å². The van der Waals surface area contributed by atoms with E-state index in [1.54, 1.807) is 7.11 Å². The highest BCUT2D eigenvalue weighted by Gasteiger charge is 2.13. The molecule has 0 N–H and O–H groups in total.